The van der Waals surface area contributed by atoms with Gasteiger partial charge in [-0.25, -0.2) is 0 Å². The molecule has 0 N–H and O–H groups in total. The van der Waals surface area contributed by atoms with E-state index in [1.807, 2.05) is 0 Å². The molecular formula is C18H37MoO. The fourth-order valence-electron chi connectivity index (χ4n) is 2.71. The van der Waals surface area contributed by atoms with E-state index in [1.165, 1.54) is 103 Å². The molecule has 0 rings (SSSR count). The molecule has 0 amide bonds. The Labute approximate surface area is 136 Å². The zero-order valence-electron chi connectivity index (χ0n) is 13.8. The average molecular weight is 365 g/mol. The monoisotopic (exact) mass is 367 g/mol. The van der Waals surface area contributed by atoms with Crippen molar-refractivity contribution in [1.29, 1.82) is 0 Å². The van der Waals surface area contributed by atoms with Crippen LogP contribution in [0.2, 0.25) is 4.81 Å². The van der Waals surface area contributed by atoms with Crippen LogP contribution in [-0.2, 0) is 21.9 Å². The number of unbranched alkanes of at least 4 members (excludes halogenated alkanes) is 15. The molecule has 2 heteroatoms. The summed E-state index contributed by atoms with van der Waals surface area (Å²) in [5, 5.41) is 0. The van der Waals surface area contributed by atoms with Gasteiger partial charge in [0.05, 0.1) is 0 Å². The maximum absolute atomic E-state index is 10.4. The zero-order chi connectivity index (χ0) is 14.7. The zero-order valence-corrected chi connectivity index (χ0v) is 15.8. The van der Waals surface area contributed by atoms with Gasteiger partial charge >= 0.3 is 97.4 Å². The van der Waals surface area contributed by atoms with E-state index in [0.29, 0.717) is 0 Å². The number of hydrogen-bond donors (Lipinski definition) is 0. The second kappa shape index (κ2) is 19.5. The van der Waals surface area contributed by atoms with Crippen LogP contribution in [0.3, 0.4) is 0 Å². The quantitative estimate of drug-likeness (QED) is 0.198. The summed E-state index contributed by atoms with van der Waals surface area (Å²) in [6.45, 7) is 2.29. The summed E-state index contributed by atoms with van der Waals surface area (Å²) in [4.78, 5) is 1.02. The standard InChI is InChI=1S/C18H37.Mo.O/c1-3-5-7-9-11-13-15-17-18-16-14-12-10-8-6-4-2;;/h1,3-18H2,2H3;;. The van der Waals surface area contributed by atoms with E-state index in [9.17, 15) is 3.40 Å². The van der Waals surface area contributed by atoms with Crippen molar-refractivity contribution in [1.82, 2.24) is 0 Å². The summed E-state index contributed by atoms with van der Waals surface area (Å²) in [6.07, 6.45) is 22.6. The van der Waals surface area contributed by atoms with Crippen molar-refractivity contribution in [2.24, 2.45) is 0 Å². The number of rotatable bonds is 17. The fraction of sp³-hybridized carbons (Fsp3) is 1.00. The summed E-state index contributed by atoms with van der Waals surface area (Å²) in [6, 6.07) is 0. The van der Waals surface area contributed by atoms with Crippen molar-refractivity contribution in [3.8, 4) is 0 Å². The molecular weight excluding hydrogens is 328 g/mol. The van der Waals surface area contributed by atoms with Crippen LogP contribution in [0, 0.1) is 0 Å². The third-order valence-corrected chi connectivity index (χ3v) is 5.20. The third kappa shape index (κ3) is 18.5. The molecule has 0 aromatic heterocycles. The summed E-state index contributed by atoms with van der Waals surface area (Å²) in [7, 11) is 0. The second-order valence-electron chi connectivity index (χ2n) is 6.13. The predicted octanol–water partition coefficient (Wildman–Crippen LogP) is 7.09. The molecule has 0 aliphatic rings. The van der Waals surface area contributed by atoms with E-state index >= 15 is 0 Å². The van der Waals surface area contributed by atoms with Gasteiger partial charge in [0.25, 0.3) is 0 Å². The molecule has 0 radical (unpaired) electrons. The van der Waals surface area contributed by atoms with Crippen LogP contribution in [0.1, 0.15) is 110 Å². The summed E-state index contributed by atoms with van der Waals surface area (Å²) in [5.41, 5.74) is 0. The van der Waals surface area contributed by atoms with Gasteiger partial charge in [-0.1, -0.05) is 39.0 Å². The first-order valence-corrected chi connectivity index (χ1v) is 11.4. The van der Waals surface area contributed by atoms with Crippen molar-refractivity contribution in [2.75, 3.05) is 0 Å². The Balaban J connectivity index is 2.90. The Hall–Kier alpha value is 0.488. The Morgan fingerprint density at radius 2 is 0.800 bits per heavy atom. The molecule has 20 heavy (non-hydrogen) atoms. The first kappa shape index (κ1) is 20.5. The minimum absolute atomic E-state index is 0.835. The van der Waals surface area contributed by atoms with Gasteiger partial charge in [0.15, 0.2) is 0 Å². The SMILES string of the molecule is CCCCCCCCCCCCCCCCC[CH2][Mo]=[O]. The molecule has 0 saturated carbocycles. The summed E-state index contributed by atoms with van der Waals surface area (Å²) >= 11 is -0.835. The van der Waals surface area contributed by atoms with E-state index in [-0.39, 0.29) is 0 Å². The topological polar surface area (TPSA) is 17.1 Å². The van der Waals surface area contributed by atoms with Gasteiger partial charge in [0, 0.05) is 0 Å². The third-order valence-electron chi connectivity index (χ3n) is 4.08. The second-order valence-corrected chi connectivity index (χ2v) is 7.71. The maximum atomic E-state index is 10.4. The van der Waals surface area contributed by atoms with Crippen molar-refractivity contribution in [2.45, 2.75) is 114 Å². The van der Waals surface area contributed by atoms with Gasteiger partial charge in [0.2, 0.25) is 0 Å². The molecule has 0 aromatic rings. The van der Waals surface area contributed by atoms with Gasteiger partial charge < -0.3 is 0 Å². The van der Waals surface area contributed by atoms with Crippen LogP contribution in [0.4, 0.5) is 0 Å². The van der Waals surface area contributed by atoms with Crippen LogP contribution in [0.25, 0.3) is 0 Å². The molecule has 0 atom stereocenters. The molecule has 0 aromatic carbocycles. The van der Waals surface area contributed by atoms with E-state index < -0.39 is 18.5 Å². The van der Waals surface area contributed by atoms with Crippen LogP contribution < -0.4 is 0 Å². The average Bonchev–Trinajstić information content (AvgIpc) is 2.47. The van der Waals surface area contributed by atoms with Crippen LogP contribution in [-0.4, -0.2) is 0 Å². The number of hydrogen-bond acceptors (Lipinski definition) is 1. The van der Waals surface area contributed by atoms with Gasteiger partial charge in [-0.15, -0.1) is 0 Å². The summed E-state index contributed by atoms with van der Waals surface area (Å²) in [5.74, 6) is 0. The van der Waals surface area contributed by atoms with Crippen LogP contribution in [0.5, 0.6) is 0 Å². The van der Waals surface area contributed by atoms with E-state index in [2.05, 4.69) is 6.92 Å². The Morgan fingerprint density at radius 1 is 0.500 bits per heavy atom. The summed E-state index contributed by atoms with van der Waals surface area (Å²) < 4.78 is 10.4. The van der Waals surface area contributed by atoms with Crippen molar-refractivity contribution in [3.05, 3.63) is 0 Å². The first-order valence-electron chi connectivity index (χ1n) is 9.16. The molecule has 0 aliphatic carbocycles. The molecule has 0 spiro atoms. The molecule has 0 heterocycles. The van der Waals surface area contributed by atoms with Crippen LogP contribution >= 0.6 is 0 Å². The Bertz CT molecular complexity index is 182. The molecule has 121 valence electrons. The van der Waals surface area contributed by atoms with Gasteiger partial charge in [0.1, 0.15) is 0 Å². The minimum atomic E-state index is -0.835. The molecule has 0 bridgehead atoms. The fourth-order valence-corrected chi connectivity index (χ4v) is 3.50. The van der Waals surface area contributed by atoms with E-state index in [0.717, 1.165) is 4.81 Å². The molecule has 1 nitrogen and oxygen atoms in total. The predicted molar refractivity (Wildman–Crippen MR) is 85.0 cm³/mol. The normalized spacial score (nSPS) is 10.8. The molecule has 0 fully saturated rings. The van der Waals surface area contributed by atoms with Gasteiger partial charge in [-0.2, -0.15) is 0 Å². The molecule has 0 unspecified atom stereocenters. The van der Waals surface area contributed by atoms with E-state index in [4.69, 9.17) is 0 Å². The van der Waals surface area contributed by atoms with Gasteiger partial charge in [-0.3, -0.25) is 0 Å². The first-order chi connectivity index (χ1) is 9.91. The molecule has 0 aliphatic heterocycles. The van der Waals surface area contributed by atoms with Crippen molar-refractivity contribution < 1.29 is 21.9 Å². The molecule has 0 saturated heterocycles. The van der Waals surface area contributed by atoms with Crippen molar-refractivity contribution >= 4 is 0 Å². The van der Waals surface area contributed by atoms with Crippen LogP contribution in [0.15, 0.2) is 0 Å². The van der Waals surface area contributed by atoms with E-state index in [1.54, 1.807) is 0 Å². The van der Waals surface area contributed by atoms with Crippen molar-refractivity contribution in [3.63, 3.8) is 0 Å². The van der Waals surface area contributed by atoms with Gasteiger partial charge in [-0.05, 0) is 0 Å². The Morgan fingerprint density at radius 3 is 1.10 bits per heavy atom. The Kier molecular flexibility index (Phi) is 20.0.